The Morgan fingerprint density at radius 2 is 1.95 bits per heavy atom. The van der Waals surface area contributed by atoms with Gasteiger partial charge in [-0.1, -0.05) is 0 Å². The summed E-state index contributed by atoms with van der Waals surface area (Å²) in [5, 5.41) is 8.77. The topological polar surface area (TPSA) is 63.6 Å². The number of aliphatic hydroxyl groups excluding tert-OH is 1. The van der Waals surface area contributed by atoms with Crippen molar-refractivity contribution in [1.82, 2.24) is 0 Å². The molecule has 0 fully saturated rings. The standard InChI is InChI=1S/C11H12F4O4S/c1-19-9-3-2-8(12)4-7(9)5-20(17,18)6-10(16)11(13,14)15/h2-4,10,16H,5-6H2,1H3. The summed E-state index contributed by atoms with van der Waals surface area (Å²) in [4.78, 5) is 0. The van der Waals surface area contributed by atoms with Crippen molar-refractivity contribution in [2.75, 3.05) is 12.9 Å². The molecular formula is C11H12F4O4S. The third-order valence-corrected chi connectivity index (χ3v) is 3.98. The van der Waals surface area contributed by atoms with E-state index in [-0.39, 0.29) is 11.3 Å². The molecule has 4 nitrogen and oxygen atoms in total. The number of ether oxygens (including phenoxy) is 1. The molecule has 9 heteroatoms. The molecule has 0 amide bonds. The Labute approximate surface area is 112 Å². The Hall–Kier alpha value is -1.35. The van der Waals surface area contributed by atoms with Crippen molar-refractivity contribution in [3.63, 3.8) is 0 Å². The molecule has 1 unspecified atom stereocenters. The summed E-state index contributed by atoms with van der Waals surface area (Å²) in [5.74, 6) is -3.05. The number of methoxy groups -OCH3 is 1. The van der Waals surface area contributed by atoms with Gasteiger partial charge < -0.3 is 9.84 Å². The molecule has 0 bridgehead atoms. The van der Waals surface area contributed by atoms with Gasteiger partial charge in [-0.25, -0.2) is 12.8 Å². The maximum absolute atomic E-state index is 13.0. The number of benzene rings is 1. The molecule has 1 aromatic rings. The molecule has 0 saturated heterocycles. The van der Waals surface area contributed by atoms with Crippen LogP contribution in [0, 0.1) is 5.82 Å². The first-order valence-corrected chi connectivity index (χ1v) is 7.15. The maximum Gasteiger partial charge on any atom is 0.415 e. The Morgan fingerprint density at radius 1 is 1.35 bits per heavy atom. The minimum Gasteiger partial charge on any atom is -0.496 e. The average Bonchev–Trinajstić information content (AvgIpc) is 2.26. The van der Waals surface area contributed by atoms with E-state index in [9.17, 15) is 26.0 Å². The molecular weight excluding hydrogens is 304 g/mol. The van der Waals surface area contributed by atoms with Crippen LogP contribution < -0.4 is 4.74 Å². The monoisotopic (exact) mass is 316 g/mol. The molecule has 1 atom stereocenters. The zero-order valence-corrected chi connectivity index (χ0v) is 11.1. The molecule has 0 aliphatic carbocycles. The highest BCUT2D eigenvalue weighted by atomic mass is 32.2. The van der Waals surface area contributed by atoms with Gasteiger partial charge in [0.05, 0.1) is 18.6 Å². The minimum atomic E-state index is -5.03. The van der Waals surface area contributed by atoms with Crippen LogP contribution in [-0.4, -0.2) is 38.7 Å². The average molecular weight is 316 g/mol. The van der Waals surface area contributed by atoms with Crippen LogP contribution >= 0.6 is 0 Å². The van der Waals surface area contributed by atoms with Crippen LogP contribution in [0.5, 0.6) is 5.75 Å². The number of hydrogen-bond acceptors (Lipinski definition) is 4. The van der Waals surface area contributed by atoms with Gasteiger partial charge in [-0.2, -0.15) is 13.2 Å². The molecule has 0 radical (unpaired) electrons. The second kappa shape index (κ2) is 5.96. The van der Waals surface area contributed by atoms with Crippen LogP contribution in [0.15, 0.2) is 18.2 Å². The fourth-order valence-corrected chi connectivity index (χ4v) is 2.98. The zero-order valence-electron chi connectivity index (χ0n) is 10.3. The van der Waals surface area contributed by atoms with Crippen LogP contribution in [0.3, 0.4) is 0 Å². The molecule has 0 aliphatic heterocycles. The summed E-state index contributed by atoms with van der Waals surface area (Å²) in [6, 6.07) is 3.05. The molecule has 114 valence electrons. The van der Waals surface area contributed by atoms with E-state index in [4.69, 9.17) is 9.84 Å². The lowest BCUT2D eigenvalue weighted by atomic mass is 10.2. The summed E-state index contributed by atoms with van der Waals surface area (Å²) in [6.45, 7) is 0. The van der Waals surface area contributed by atoms with Gasteiger partial charge in [0.25, 0.3) is 0 Å². The van der Waals surface area contributed by atoms with E-state index in [1.54, 1.807) is 0 Å². The largest absolute Gasteiger partial charge is 0.496 e. The van der Waals surface area contributed by atoms with E-state index >= 15 is 0 Å². The summed E-state index contributed by atoms with van der Waals surface area (Å²) in [6.07, 6.45) is -8.01. The first-order valence-electron chi connectivity index (χ1n) is 5.33. The normalized spacial score (nSPS) is 14.1. The molecule has 0 aliphatic rings. The highest BCUT2D eigenvalue weighted by Gasteiger charge is 2.41. The molecule has 1 rings (SSSR count). The second-order valence-electron chi connectivity index (χ2n) is 4.07. The Morgan fingerprint density at radius 3 is 2.45 bits per heavy atom. The van der Waals surface area contributed by atoms with Crippen molar-refractivity contribution in [3.8, 4) is 5.75 Å². The summed E-state index contributed by atoms with van der Waals surface area (Å²) >= 11 is 0. The Kier molecular flexibility index (Phi) is 4.98. The van der Waals surface area contributed by atoms with Gasteiger partial charge in [-0.05, 0) is 18.2 Å². The SMILES string of the molecule is COc1ccc(F)cc1CS(=O)(=O)CC(O)C(F)(F)F. The lowest BCUT2D eigenvalue weighted by Gasteiger charge is -2.15. The number of aliphatic hydroxyl groups is 1. The van der Waals surface area contributed by atoms with Crippen molar-refractivity contribution in [2.45, 2.75) is 18.0 Å². The highest BCUT2D eigenvalue weighted by Crippen LogP contribution is 2.25. The van der Waals surface area contributed by atoms with Gasteiger partial charge in [-0.15, -0.1) is 0 Å². The third kappa shape index (κ3) is 4.64. The Bertz CT molecular complexity index is 568. The van der Waals surface area contributed by atoms with Crippen LogP contribution in [0.25, 0.3) is 0 Å². The number of rotatable bonds is 5. The fourth-order valence-electron chi connectivity index (χ4n) is 1.49. The second-order valence-corrected chi connectivity index (χ2v) is 6.18. The van der Waals surface area contributed by atoms with E-state index < -0.39 is 39.4 Å². The number of alkyl halides is 3. The van der Waals surface area contributed by atoms with Crippen molar-refractivity contribution in [2.24, 2.45) is 0 Å². The molecule has 0 heterocycles. The van der Waals surface area contributed by atoms with Crippen molar-refractivity contribution in [1.29, 1.82) is 0 Å². The molecule has 0 spiro atoms. The van der Waals surface area contributed by atoms with Gasteiger partial charge >= 0.3 is 6.18 Å². The predicted octanol–water partition coefficient (Wildman–Crippen LogP) is 1.67. The van der Waals surface area contributed by atoms with Gasteiger partial charge in [-0.3, -0.25) is 0 Å². The van der Waals surface area contributed by atoms with Crippen molar-refractivity contribution < 1.29 is 35.8 Å². The lowest BCUT2D eigenvalue weighted by molar-refractivity contribution is -0.196. The lowest BCUT2D eigenvalue weighted by Crippen LogP contribution is -2.35. The fraction of sp³-hybridized carbons (Fsp3) is 0.455. The van der Waals surface area contributed by atoms with Gasteiger partial charge in [0.2, 0.25) is 0 Å². The van der Waals surface area contributed by atoms with Crippen LogP contribution in [0.2, 0.25) is 0 Å². The summed E-state index contributed by atoms with van der Waals surface area (Å²) in [7, 11) is -3.07. The minimum absolute atomic E-state index is 0.0384. The highest BCUT2D eigenvalue weighted by molar-refractivity contribution is 7.90. The predicted molar refractivity (Wildman–Crippen MR) is 62.5 cm³/mol. The Balaban J connectivity index is 2.94. The molecule has 0 aromatic heterocycles. The summed E-state index contributed by atoms with van der Waals surface area (Å²) < 4.78 is 77.4. The van der Waals surface area contributed by atoms with E-state index in [2.05, 4.69) is 0 Å². The molecule has 0 saturated carbocycles. The quantitative estimate of drug-likeness (QED) is 0.840. The van der Waals surface area contributed by atoms with Gasteiger partial charge in [0, 0.05) is 5.56 Å². The molecule has 1 N–H and O–H groups in total. The zero-order chi connectivity index (χ0) is 15.6. The third-order valence-electron chi connectivity index (χ3n) is 2.41. The van der Waals surface area contributed by atoms with E-state index in [1.807, 2.05) is 0 Å². The van der Waals surface area contributed by atoms with E-state index in [0.29, 0.717) is 0 Å². The van der Waals surface area contributed by atoms with Crippen molar-refractivity contribution >= 4 is 9.84 Å². The number of hydrogen-bond donors (Lipinski definition) is 1. The van der Waals surface area contributed by atoms with E-state index in [0.717, 1.165) is 12.1 Å². The smallest absolute Gasteiger partial charge is 0.415 e. The first-order chi connectivity index (χ1) is 9.05. The maximum atomic E-state index is 13.0. The summed E-state index contributed by atoms with van der Waals surface area (Å²) in [5.41, 5.74) is -0.109. The molecule has 20 heavy (non-hydrogen) atoms. The first kappa shape index (κ1) is 16.7. The number of sulfone groups is 1. The van der Waals surface area contributed by atoms with Crippen LogP contribution in [0.1, 0.15) is 5.56 Å². The molecule has 1 aromatic carbocycles. The van der Waals surface area contributed by atoms with E-state index in [1.165, 1.54) is 13.2 Å². The van der Waals surface area contributed by atoms with Crippen LogP contribution in [-0.2, 0) is 15.6 Å². The van der Waals surface area contributed by atoms with Crippen LogP contribution in [0.4, 0.5) is 17.6 Å². The van der Waals surface area contributed by atoms with Gasteiger partial charge in [0.1, 0.15) is 11.6 Å². The number of halogens is 4. The van der Waals surface area contributed by atoms with Crippen molar-refractivity contribution in [3.05, 3.63) is 29.6 Å². The van der Waals surface area contributed by atoms with Gasteiger partial charge in [0.15, 0.2) is 15.9 Å².